The van der Waals surface area contributed by atoms with Crippen LogP contribution in [0.1, 0.15) is 84.4 Å². The molecule has 7 rings (SSSR count). The summed E-state index contributed by atoms with van der Waals surface area (Å²) in [4.78, 5) is 62.7. The van der Waals surface area contributed by atoms with Crippen molar-refractivity contribution in [1.29, 1.82) is 0 Å². The van der Waals surface area contributed by atoms with E-state index < -0.39 is 47.4 Å². The number of nitrogens with zero attached hydrogens (tertiary/aromatic N) is 4. The highest BCUT2D eigenvalue weighted by Gasteiger charge is 2.40. The van der Waals surface area contributed by atoms with E-state index in [0.29, 0.717) is 31.4 Å². The molecule has 6 bridgehead atoms. The lowest BCUT2D eigenvalue weighted by molar-refractivity contribution is -0.155. The second-order valence-electron chi connectivity index (χ2n) is 18.4. The molecular weight excluding hydrogens is 771 g/mol. The van der Waals surface area contributed by atoms with Crippen LogP contribution in [0.3, 0.4) is 0 Å². The summed E-state index contributed by atoms with van der Waals surface area (Å²) < 4.78 is 8.43. The normalized spacial score (nSPS) is 22.5. The zero-order chi connectivity index (χ0) is 43.7. The summed E-state index contributed by atoms with van der Waals surface area (Å²) in [5, 5.41) is 20.1. The summed E-state index contributed by atoms with van der Waals surface area (Å²) in [6.45, 7) is 16.2. The van der Waals surface area contributed by atoms with Crippen LogP contribution in [0.25, 0.3) is 33.3 Å². The molecule has 4 N–H and O–H groups in total. The van der Waals surface area contributed by atoms with E-state index >= 15 is 0 Å². The molecule has 0 saturated carbocycles. The molecule has 61 heavy (non-hydrogen) atoms. The monoisotopic (exact) mass is 833 g/mol. The smallest absolute Gasteiger partial charge is 0.324 e. The molecule has 2 aromatic carbocycles. The molecule has 0 radical (unpaired) electrons. The first kappa shape index (κ1) is 43.8. The summed E-state index contributed by atoms with van der Waals surface area (Å²) in [7, 11) is 1.65. The minimum absolute atomic E-state index is 0.0260. The number of phenolic OH excluding ortho intramolecular Hbond substituents is 1. The molecule has 2 saturated heterocycles. The van der Waals surface area contributed by atoms with Crippen molar-refractivity contribution in [2.75, 3.05) is 26.7 Å². The second kappa shape index (κ2) is 18.0. The Morgan fingerprint density at radius 2 is 1.87 bits per heavy atom. The maximum absolute atomic E-state index is 14.6. The minimum atomic E-state index is -1.10. The van der Waals surface area contributed by atoms with Crippen molar-refractivity contribution in [3.8, 4) is 28.1 Å². The van der Waals surface area contributed by atoms with Crippen LogP contribution in [0.2, 0.25) is 0 Å². The van der Waals surface area contributed by atoms with E-state index in [1.165, 1.54) is 15.5 Å². The van der Waals surface area contributed by atoms with E-state index in [1.807, 2.05) is 39.2 Å². The molecule has 0 unspecified atom stereocenters. The largest absolute Gasteiger partial charge is 0.508 e. The lowest BCUT2D eigenvalue weighted by Crippen LogP contribution is -2.62. The number of fused-ring (bicyclic) bond motifs is 6. The molecule has 3 aliphatic heterocycles. The van der Waals surface area contributed by atoms with Crippen LogP contribution in [0, 0.1) is 17.3 Å². The van der Waals surface area contributed by atoms with E-state index in [-0.39, 0.29) is 36.5 Å². The number of benzene rings is 2. The highest BCUT2D eigenvalue weighted by molar-refractivity contribution is 5.96. The summed E-state index contributed by atoms with van der Waals surface area (Å²) in [5.41, 5.74) is 10.5. The Hall–Kier alpha value is -5.27. The Kier molecular flexibility index (Phi) is 12.9. The number of carbonyl (C=O) groups is 4. The van der Waals surface area contributed by atoms with Crippen LogP contribution >= 0.6 is 0 Å². The number of aromatic hydroxyl groups is 1. The summed E-state index contributed by atoms with van der Waals surface area (Å²) >= 11 is 0. The highest BCUT2D eigenvalue weighted by Crippen LogP contribution is 2.41. The molecule has 0 spiro atoms. The van der Waals surface area contributed by atoms with Crippen LogP contribution in [-0.2, 0) is 49.7 Å². The fourth-order valence-electron chi connectivity index (χ4n) is 9.66. The van der Waals surface area contributed by atoms with E-state index in [0.717, 1.165) is 64.8 Å². The van der Waals surface area contributed by atoms with Gasteiger partial charge in [0.25, 0.3) is 5.91 Å². The van der Waals surface area contributed by atoms with Crippen molar-refractivity contribution in [3.05, 3.63) is 71.5 Å². The van der Waals surface area contributed by atoms with Crippen LogP contribution in [0.4, 0.5) is 0 Å². The Morgan fingerprint density at radius 1 is 1.08 bits per heavy atom. The topological polar surface area (TPSA) is 158 Å². The maximum Gasteiger partial charge on any atom is 0.324 e. The third-order valence-corrected chi connectivity index (χ3v) is 12.9. The lowest BCUT2D eigenvalue weighted by Gasteiger charge is -2.37. The number of amides is 3. The second-order valence-corrected chi connectivity index (χ2v) is 18.4. The molecule has 0 aliphatic carbocycles. The molecular formula is C48H63N7O6. The van der Waals surface area contributed by atoms with Gasteiger partial charge in [0.2, 0.25) is 11.8 Å². The quantitative estimate of drug-likeness (QED) is 0.162. The zero-order valence-electron chi connectivity index (χ0n) is 37.0. The fourth-order valence-corrected chi connectivity index (χ4v) is 9.66. The van der Waals surface area contributed by atoms with Gasteiger partial charge in [-0.05, 0) is 116 Å². The predicted octanol–water partition coefficient (Wildman–Crippen LogP) is 5.79. The van der Waals surface area contributed by atoms with Gasteiger partial charge in [0.15, 0.2) is 0 Å². The number of phenols is 1. The SMILES string of the molecule is CCc1ccncc1-c1c2c3cc(ccc3n1CC)-c1cc(O)cc(c1)C[C@H](NC(=O)[C@H](C(C)C)N(C)C(=O)[C@@H]1NCC[C@@H]1C)C(=O)N1CCC[C@H](N1)C(=O)OCC(C)(C)C2. The van der Waals surface area contributed by atoms with Gasteiger partial charge >= 0.3 is 5.97 Å². The number of cyclic esters (lactones) is 1. The van der Waals surface area contributed by atoms with Crippen LogP contribution in [-0.4, -0.2) is 99.2 Å². The van der Waals surface area contributed by atoms with Crippen molar-refractivity contribution in [2.24, 2.45) is 17.3 Å². The average Bonchev–Trinajstić information content (AvgIpc) is 3.80. The minimum Gasteiger partial charge on any atom is -0.508 e. The fraction of sp³-hybridized carbons (Fsp3) is 0.521. The van der Waals surface area contributed by atoms with Crippen LogP contribution in [0.15, 0.2) is 54.9 Å². The molecule has 3 aliphatic rings. The van der Waals surface area contributed by atoms with Gasteiger partial charge in [-0.3, -0.25) is 29.2 Å². The highest BCUT2D eigenvalue weighted by atomic mass is 16.5. The zero-order valence-corrected chi connectivity index (χ0v) is 37.0. The summed E-state index contributed by atoms with van der Waals surface area (Å²) in [6, 6.07) is 10.6. The molecule has 2 fully saturated rings. The molecule has 326 valence electrons. The molecule has 3 amide bonds. The van der Waals surface area contributed by atoms with Gasteiger partial charge in [-0.1, -0.05) is 53.7 Å². The number of nitrogens with one attached hydrogen (secondary N) is 3. The first-order valence-electron chi connectivity index (χ1n) is 22.1. The third-order valence-electron chi connectivity index (χ3n) is 12.9. The van der Waals surface area contributed by atoms with Crippen molar-refractivity contribution >= 4 is 34.6 Å². The van der Waals surface area contributed by atoms with E-state index in [1.54, 1.807) is 19.2 Å². The number of hydrazine groups is 1. The van der Waals surface area contributed by atoms with Crippen LogP contribution in [0.5, 0.6) is 5.75 Å². The van der Waals surface area contributed by atoms with E-state index in [9.17, 15) is 24.3 Å². The number of pyridine rings is 1. The molecule has 5 heterocycles. The summed E-state index contributed by atoms with van der Waals surface area (Å²) in [6.07, 6.45) is 7.14. The first-order chi connectivity index (χ1) is 29.1. The number of ether oxygens (including phenoxy) is 1. The first-order valence-corrected chi connectivity index (χ1v) is 22.1. The number of likely N-dealkylation sites (N-methyl/N-ethyl adjacent to an activating group) is 1. The summed E-state index contributed by atoms with van der Waals surface area (Å²) in [5.74, 6) is -1.61. The van der Waals surface area contributed by atoms with E-state index in [2.05, 4.69) is 77.6 Å². The number of aromatic nitrogens is 2. The molecule has 13 nitrogen and oxygen atoms in total. The Bertz CT molecular complexity index is 2300. The maximum atomic E-state index is 14.6. The number of esters is 1. The van der Waals surface area contributed by atoms with Crippen molar-refractivity contribution in [1.82, 2.24) is 35.5 Å². The average molecular weight is 834 g/mol. The number of hydrogen-bond acceptors (Lipinski definition) is 9. The number of hydrogen-bond donors (Lipinski definition) is 4. The van der Waals surface area contributed by atoms with Crippen molar-refractivity contribution in [3.63, 3.8) is 0 Å². The van der Waals surface area contributed by atoms with Crippen molar-refractivity contribution < 1.29 is 29.0 Å². The van der Waals surface area contributed by atoms with Gasteiger partial charge < -0.3 is 29.9 Å². The number of carbonyl (C=O) groups excluding carboxylic acids is 4. The van der Waals surface area contributed by atoms with Gasteiger partial charge in [-0.15, -0.1) is 0 Å². The Morgan fingerprint density at radius 3 is 2.57 bits per heavy atom. The van der Waals surface area contributed by atoms with E-state index in [4.69, 9.17) is 4.74 Å². The van der Waals surface area contributed by atoms with Crippen molar-refractivity contribution in [2.45, 2.75) is 118 Å². The lowest BCUT2D eigenvalue weighted by atomic mass is 9.84. The molecule has 13 heteroatoms. The predicted molar refractivity (Wildman–Crippen MR) is 236 cm³/mol. The van der Waals surface area contributed by atoms with Gasteiger partial charge in [0.1, 0.15) is 23.9 Å². The third kappa shape index (κ3) is 9.04. The molecule has 5 atom stereocenters. The van der Waals surface area contributed by atoms with Crippen LogP contribution < -0.4 is 16.1 Å². The van der Waals surface area contributed by atoms with Gasteiger partial charge in [0, 0.05) is 60.8 Å². The number of aryl methyl sites for hydroxylation is 2. The molecule has 2 aromatic heterocycles. The molecule has 4 aromatic rings. The Balaban J connectivity index is 1.33. The van der Waals surface area contributed by atoms with Gasteiger partial charge in [0.05, 0.1) is 18.3 Å². The standard InChI is InChI=1S/C48H63N7O6/c1-9-31-16-17-49-26-37(31)43-36-25-48(6,7)27-61-47(60)38-12-11-19-55(52-38)45(58)39(51-44(57)42(28(3)4)53(8)46(59)41-29(5)15-18-50-41)22-30-20-33(23-34(56)21-30)32-13-14-40(35(36)24-32)54(43)10-2/h13-14,16-17,20-21,23-24,26,28-29,38-39,41-42,50,52,56H,9-12,15,18-19,22,25,27H2,1-8H3,(H,51,57)/t29-,38-,39-,41+,42-/m0/s1. The van der Waals surface area contributed by atoms with Gasteiger partial charge in [-0.2, -0.15) is 0 Å². The number of rotatable bonds is 8. The Labute approximate surface area is 359 Å². The van der Waals surface area contributed by atoms with Gasteiger partial charge in [-0.25, -0.2) is 5.43 Å².